The lowest BCUT2D eigenvalue weighted by molar-refractivity contribution is 0.592. The summed E-state index contributed by atoms with van der Waals surface area (Å²) in [7, 11) is 0. The molecule has 0 saturated heterocycles. The Hall–Kier alpha value is -0.610. The first-order valence-corrected chi connectivity index (χ1v) is 7.18. The van der Waals surface area contributed by atoms with Crippen LogP contribution in [-0.4, -0.2) is 24.1 Å². The lowest BCUT2D eigenvalue weighted by Gasteiger charge is -2.31. The van der Waals surface area contributed by atoms with E-state index < -0.39 is 0 Å². The normalized spacial score (nSPS) is 16.4. The molecule has 1 fully saturated rings. The summed E-state index contributed by atoms with van der Waals surface area (Å²) in [5.74, 6) is 0. The van der Waals surface area contributed by atoms with E-state index in [9.17, 15) is 0 Å². The molecule has 2 rings (SSSR count). The Morgan fingerprint density at radius 3 is 2.82 bits per heavy atom. The molecule has 1 saturated carbocycles. The van der Waals surface area contributed by atoms with Crippen molar-refractivity contribution < 1.29 is 0 Å². The molecule has 17 heavy (non-hydrogen) atoms. The average molecular weight is 298 g/mol. The van der Waals surface area contributed by atoms with E-state index in [1.54, 1.807) is 0 Å². The van der Waals surface area contributed by atoms with Gasteiger partial charge >= 0.3 is 0 Å². The molecule has 1 heterocycles. The molecule has 1 aliphatic carbocycles. The van der Waals surface area contributed by atoms with Gasteiger partial charge in [0.15, 0.2) is 0 Å². The van der Waals surface area contributed by atoms with Crippen LogP contribution in [0.2, 0.25) is 0 Å². The van der Waals surface area contributed by atoms with Crippen molar-refractivity contribution in [1.29, 1.82) is 0 Å². The summed E-state index contributed by atoms with van der Waals surface area (Å²) in [6.07, 6.45) is 10.1. The molecule has 0 bridgehead atoms. The lowest BCUT2D eigenvalue weighted by atomic mass is 10.1. The topological polar surface area (TPSA) is 42.1 Å². The largest absolute Gasteiger partial charge is 0.368 e. The minimum atomic E-state index is 0.681. The highest BCUT2D eigenvalue weighted by Crippen LogP contribution is 2.32. The molecule has 0 atom stereocenters. The number of halogens is 1. The van der Waals surface area contributed by atoms with E-state index in [-0.39, 0.29) is 0 Å². The van der Waals surface area contributed by atoms with Gasteiger partial charge in [-0.3, -0.25) is 4.98 Å². The highest BCUT2D eigenvalue weighted by atomic mass is 79.9. The second kappa shape index (κ2) is 6.36. The number of nitrogens with zero attached hydrogens (tertiary/aromatic N) is 2. The summed E-state index contributed by atoms with van der Waals surface area (Å²) in [5.41, 5.74) is 6.91. The average Bonchev–Trinajstić information content (AvgIpc) is 2.85. The number of hydrogen-bond donors (Lipinski definition) is 1. The molecule has 2 N–H and O–H groups in total. The molecule has 0 aliphatic heterocycles. The van der Waals surface area contributed by atoms with Crippen LogP contribution in [0.15, 0.2) is 22.9 Å². The van der Waals surface area contributed by atoms with Gasteiger partial charge in [-0.25, -0.2) is 0 Å². The van der Waals surface area contributed by atoms with Crippen LogP contribution in [-0.2, 0) is 0 Å². The molecule has 1 aliphatic rings. The molecule has 1 aromatic rings. The smallest absolute Gasteiger partial charge is 0.0592 e. The fraction of sp³-hybridized carbons (Fsp3) is 0.615. The Bertz CT molecular complexity index is 350. The van der Waals surface area contributed by atoms with Gasteiger partial charge in [-0.15, -0.1) is 0 Å². The van der Waals surface area contributed by atoms with Crippen LogP contribution >= 0.6 is 15.9 Å². The molecule has 1 aromatic heterocycles. The van der Waals surface area contributed by atoms with E-state index in [4.69, 9.17) is 5.73 Å². The molecule has 0 spiro atoms. The first kappa shape index (κ1) is 12.8. The summed E-state index contributed by atoms with van der Waals surface area (Å²) in [6.45, 7) is 1.80. The van der Waals surface area contributed by atoms with Gasteiger partial charge in [0.05, 0.1) is 10.2 Å². The molecule has 0 unspecified atom stereocenters. The number of aromatic nitrogens is 1. The highest BCUT2D eigenvalue weighted by molar-refractivity contribution is 9.10. The zero-order chi connectivity index (χ0) is 12.1. The maximum absolute atomic E-state index is 5.64. The van der Waals surface area contributed by atoms with Crippen molar-refractivity contribution in [2.45, 2.75) is 38.1 Å². The van der Waals surface area contributed by atoms with E-state index in [1.807, 2.05) is 12.4 Å². The quantitative estimate of drug-likeness (QED) is 0.909. The van der Waals surface area contributed by atoms with E-state index in [1.165, 1.54) is 31.4 Å². The zero-order valence-electron chi connectivity index (χ0n) is 10.1. The van der Waals surface area contributed by atoms with Gasteiger partial charge in [0.2, 0.25) is 0 Å². The van der Waals surface area contributed by atoms with Crippen LogP contribution in [0, 0.1) is 0 Å². The molecule has 3 nitrogen and oxygen atoms in total. The maximum Gasteiger partial charge on any atom is 0.0592 e. The van der Waals surface area contributed by atoms with Gasteiger partial charge in [0.1, 0.15) is 0 Å². The summed E-state index contributed by atoms with van der Waals surface area (Å²) in [5, 5.41) is 0. The molecule has 0 aromatic carbocycles. The maximum atomic E-state index is 5.64. The molecule has 4 heteroatoms. The van der Waals surface area contributed by atoms with E-state index in [2.05, 4.69) is 31.9 Å². The predicted octanol–water partition coefficient (Wildman–Crippen LogP) is 2.94. The van der Waals surface area contributed by atoms with Crippen molar-refractivity contribution >= 4 is 21.6 Å². The Labute approximate surface area is 112 Å². The van der Waals surface area contributed by atoms with Crippen LogP contribution in [0.5, 0.6) is 0 Å². The minimum absolute atomic E-state index is 0.681. The molecule has 94 valence electrons. The number of anilines is 1. The summed E-state index contributed by atoms with van der Waals surface area (Å²) in [4.78, 5) is 6.64. The van der Waals surface area contributed by atoms with E-state index in [0.29, 0.717) is 6.04 Å². The Kier molecular flexibility index (Phi) is 4.80. The first-order chi connectivity index (χ1) is 8.33. The minimum Gasteiger partial charge on any atom is -0.368 e. The third-order valence-electron chi connectivity index (χ3n) is 3.43. The van der Waals surface area contributed by atoms with Gasteiger partial charge in [0, 0.05) is 25.0 Å². The third kappa shape index (κ3) is 3.19. The fourth-order valence-electron chi connectivity index (χ4n) is 2.58. The standard InChI is InChI=1S/C13H20BrN3/c14-12-10-16-8-6-13(12)17(9-3-7-15)11-4-1-2-5-11/h6,8,10-11H,1-5,7,9,15H2. The monoisotopic (exact) mass is 297 g/mol. The number of nitrogens with two attached hydrogens (primary N) is 1. The van der Waals surface area contributed by atoms with Crippen molar-refractivity contribution in [3.8, 4) is 0 Å². The number of hydrogen-bond acceptors (Lipinski definition) is 3. The molecular weight excluding hydrogens is 278 g/mol. The summed E-state index contributed by atoms with van der Waals surface area (Å²) >= 11 is 3.60. The molecule has 0 amide bonds. The van der Waals surface area contributed by atoms with Gasteiger partial charge in [0.25, 0.3) is 0 Å². The van der Waals surface area contributed by atoms with Gasteiger partial charge in [-0.05, 0) is 47.8 Å². The predicted molar refractivity (Wildman–Crippen MR) is 75.2 cm³/mol. The fourth-order valence-corrected chi connectivity index (χ4v) is 3.06. The highest BCUT2D eigenvalue weighted by Gasteiger charge is 2.23. The van der Waals surface area contributed by atoms with Gasteiger partial charge in [-0.1, -0.05) is 12.8 Å². The van der Waals surface area contributed by atoms with Gasteiger partial charge < -0.3 is 10.6 Å². The van der Waals surface area contributed by atoms with Crippen molar-refractivity contribution in [2.24, 2.45) is 5.73 Å². The second-order valence-corrected chi connectivity index (χ2v) is 5.46. The number of pyridine rings is 1. The first-order valence-electron chi connectivity index (χ1n) is 6.39. The van der Waals surface area contributed by atoms with E-state index in [0.717, 1.165) is 24.0 Å². The van der Waals surface area contributed by atoms with Crippen molar-refractivity contribution in [3.05, 3.63) is 22.9 Å². The second-order valence-electron chi connectivity index (χ2n) is 4.60. The van der Waals surface area contributed by atoms with Crippen LogP contribution in [0.3, 0.4) is 0 Å². The van der Waals surface area contributed by atoms with E-state index >= 15 is 0 Å². The summed E-state index contributed by atoms with van der Waals surface area (Å²) < 4.78 is 1.09. The van der Waals surface area contributed by atoms with Gasteiger partial charge in [-0.2, -0.15) is 0 Å². The van der Waals surface area contributed by atoms with Crippen LogP contribution in [0.1, 0.15) is 32.1 Å². The van der Waals surface area contributed by atoms with Crippen molar-refractivity contribution in [3.63, 3.8) is 0 Å². The zero-order valence-corrected chi connectivity index (χ0v) is 11.7. The van der Waals surface area contributed by atoms with Crippen LogP contribution in [0.25, 0.3) is 0 Å². The van der Waals surface area contributed by atoms with Crippen molar-refractivity contribution in [2.75, 3.05) is 18.0 Å². The van der Waals surface area contributed by atoms with Crippen molar-refractivity contribution in [1.82, 2.24) is 4.98 Å². The van der Waals surface area contributed by atoms with Crippen LogP contribution < -0.4 is 10.6 Å². The Balaban J connectivity index is 2.16. The number of rotatable bonds is 5. The third-order valence-corrected chi connectivity index (χ3v) is 4.04. The SMILES string of the molecule is NCCCN(c1ccncc1Br)C1CCCC1. The summed E-state index contributed by atoms with van der Waals surface area (Å²) in [6, 6.07) is 2.78. The molecule has 0 radical (unpaired) electrons. The molecular formula is C13H20BrN3. The lowest BCUT2D eigenvalue weighted by Crippen LogP contribution is -2.35. The Morgan fingerprint density at radius 1 is 1.41 bits per heavy atom. The van der Waals surface area contributed by atoms with Crippen LogP contribution in [0.4, 0.5) is 5.69 Å². The Morgan fingerprint density at radius 2 is 2.18 bits per heavy atom.